The van der Waals surface area contributed by atoms with Gasteiger partial charge in [0.25, 0.3) is 0 Å². The van der Waals surface area contributed by atoms with Crippen molar-refractivity contribution in [1.29, 1.82) is 0 Å². The second-order valence-electron chi connectivity index (χ2n) is 4.79. The molecule has 0 saturated heterocycles. The Balaban J connectivity index is 4.06. The van der Waals surface area contributed by atoms with Gasteiger partial charge in [-0.2, -0.15) is 0 Å². The lowest BCUT2D eigenvalue weighted by molar-refractivity contribution is -0.156. The average Bonchev–Trinajstić information content (AvgIpc) is 2.21. The molecular formula is C11H22N2O4. The van der Waals surface area contributed by atoms with Crippen LogP contribution in [-0.2, 0) is 19.1 Å². The van der Waals surface area contributed by atoms with Crippen molar-refractivity contribution < 1.29 is 19.1 Å². The van der Waals surface area contributed by atoms with Gasteiger partial charge < -0.3 is 20.5 Å². The van der Waals surface area contributed by atoms with Gasteiger partial charge in [-0.1, -0.05) is 0 Å². The highest BCUT2D eigenvalue weighted by Gasteiger charge is 2.23. The number of ether oxygens (including phenoxy) is 2. The van der Waals surface area contributed by atoms with Crippen molar-refractivity contribution in [3.05, 3.63) is 0 Å². The van der Waals surface area contributed by atoms with Crippen LogP contribution in [0.5, 0.6) is 0 Å². The van der Waals surface area contributed by atoms with Crippen molar-refractivity contribution >= 4 is 11.9 Å². The van der Waals surface area contributed by atoms with E-state index < -0.39 is 29.6 Å². The highest BCUT2D eigenvalue weighted by Crippen LogP contribution is 2.07. The van der Waals surface area contributed by atoms with Gasteiger partial charge in [-0.15, -0.1) is 0 Å². The standard InChI is InChI=1S/C11H22N2O4/c1-7(9(14)16-5)13-6-8(12)10(15)17-11(2,3)4/h7-8,13H,6,12H2,1-5H3/t7-,8?/m0/s1. The Kier molecular flexibility index (Phi) is 6.12. The molecule has 0 aromatic rings. The van der Waals surface area contributed by atoms with Gasteiger partial charge in [0, 0.05) is 6.54 Å². The highest BCUT2D eigenvalue weighted by molar-refractivity contribution is 5.77. The van der Waals surface area contributed by atoms with Crippen LogP contribution < -0.4 is 11.1 Å². The molecule has 1 unspecified atom stereocenters. The molecule has 0 amide bonds. The van der Waals surface area contributed by atoms with Crippen molar-refractivity contribution in [3.8, 4) is 0 Å². The predicted octanol–water partition coefficient (Wildman–Crippen LogP) is -0.193. The maximum Gasteiger partial charge on any atom is 0.324 e. The largest absolute Gasteiger partial charge is 0.468 e. The second-order valence-corrected chi connectivity index (χ2v) is 4.79. The molecular weight excluding hydrogens is 224 g/mol. The normalized spacial score (nSPS) is 14.9. The first-order valence-corrected chi connectivity index (χ1v) is 5.47. The van der Waals surface area contributed by atoms with E-state index in [2.05, 4.69) is 10.1 Å². The van der Waals surface area contributed by atoms with Crippen LogP contribution in [0.4, 0.5) is 0 Å². The summed E-state index contributed by atoms with van der Waals surface area (Å²) >= 11 is 0. The summed E-state index contributed by atoms with van der Waals surface area (Å²) in [6, 6.07) is -1.31. The van der Waals surface area contributed by atoms with E-state index in [0.29, 0.717) is 0 Å². The van der Waals surface area contributed by atoms with Gasteiger partial charge >= 0.3 is 11.9 Å². The quantitative estimate of drug-likeness (QED) is 0.653. The topological polar surface area (TPSA) is 90.6 Å². The summed E-state index contributed by atoms with van der Waals surface area (Å²) in [5.41, 5.74) is 5.06. The number of rotatable bonds is 5. The van der Waals surface area contributed by atoms with Crippen LogP contribution in [0, 0.1) is 0 Å². The van der Waals surface area contributed by atoms with Crippen LogP contribution in [0.1, 0.15) is 27.7 Å². The first kappa shape index (κ1) is 15.9. The molecule has 0 spiro atoms. The monoisotopic (exact) mass is 246 g/mol. The molecule has 0 rings (SSSR count). The van der Waals surface area contributed by atoms with Gasteiger partial charge in [0.15, 0.2) is 0 Å². The fourth-order valence-electron chi connectivity index (χ4n) is 1.02. The van der Waals surface area contributed by atoms with Crippen molar-refractivity contribution in [2.75, 3.05) is 13.7 Å². The van der Waals surface area contributed by atoms with Crippen LogP contribution in [-0.4, -0.2) is 43.3 Å². The molecule has 6 nitrogen and oxygen atoms in total. The fourth-order valence-corrected chi connectivity index (χ4v) is 1.02. The molecule has 0 bridgehead atoms. The van der Waals surface area contributed by atoms with Gasteiger partial charge in [0.1, 0.15) is 17.7 Å². The van der Waals surface area contributed by atoms with Crippen molar-refractivity contribution in [1.82, 2.24) is 5.32 Å². The Bertz CT molecular complexity index is 273. The zero-order valence-electron chi connectivity index (χ0n) is 11.1. The van der Waals surface area contributed by atoms with Crippen LogP contribution in [0.3, 0.4) is 0 Å². The van der Waals surface area contributed by atoms with Crippen molar-refractivity contribution in [3.63, 3.8) is 0 Å². The Labute approximate surface area is 102 Å². The van der Waals surface area contributed by atoms with E-state index in [1.165, 1.54) is 7.11 Å². The summed E-state index contributed by atoms with van der Waals surface area (Å²) < 4.78 is 9.63. The number of carbonyl (C=O) groups excluding carboxylic acids is 2. The summed E-state index contributed by atoms with van der Waals surface area (Å²) in [5.74, 6) is -0.900. The number of nitrogens with one attached hydrogen (secondary N) is 1. The van der Waals surface area contributed by atoms with Crippen LogP contribution in [0.25, 0.3) is 0 Å². The minimum atomic E-state index is -0.804. The van der Waals surface area contributed by atoms with E-state index in [0.717, 1.165) is 0 Å². The number of hydrogen-bond acceptors (Lipinski definition) is 6. The number of carbonyl (C=O) groups is 2. The van der Waals surface area contributed by atoms with Crippen molar-refractivity contribution in [2.45, 2.75) is 45.4 Å². The van der Waals surface area contributed by atoms with E-state index in [4.69, 9.17) is 10.5 Å². The fraction of sp³-hybridized carbons (Fsp3) is 0.818. The molecule has 0 aromatic heterocycles. The lowest BCUT2D eigenvalue weighted by atomic mass is 10.2. The number of hydrogen-bond donors (Lipinski definition) is 2. The van der Waals surface area contributed by atoms with Gasteiger partial charge in [-0.3, -0.25) is 9.59 Å². The third-order valence-electron chi connectivity index (χ3n) is 1.91. The highest BCUT2D eigenvalue weighted by atomic mass is 16.6. The van der Waals surface area contributed by atoms with E-state index in [9.17, 15) is 9.59 Å². The summed E-state index contributed by atoms with van der Waals surface area (Å²) in [5, 5.41) is 2.80. The SMILES string of the molecule is COC(=O)[C@H](C)NCC(N)C(=O)OC(C)(C)C. The molecule has 17 heavy (non-hydrogen) atoms. The van der Waals surface area contributed by atoms with Gasteiger partial charge in [0.05, 0.1) is 7.11 Å². The van der Waals surface area contributed by atoms with E-state index in [1.54, 1.807) is 27.7 Å². The lowest BCUT2D eigenvalue weighted by Gasteiger charge is -2.22. The molecule has 0 heterocycles. The van der Waals surface area contributed by atoms with Gasteiger partial charge in [-0.25, -0.2) is 0 Å². The summed E-state index contributed by atoms with van der Waals surface area (Å²) in [6.07, 6.45) is 0. The van der Waals surface area contributed by atoms with Crippen LogP contribution in [0.15, 0.2) is 0 Å². The molecule has 0 radical (unpaired) electrons. The first-order valence-electron chi connectivity index (χ1n) is 5.47. The van der Waals surface area contributed by atoms with Gasteiger partial charge in [-0.05, 0) is 27.7 Å². The van der Waals surface area contributed by atoms with E-state index >= 15 is 0 Å². The smallest absolute Gasteiger partial charge is 0.324 e. The Morgan fingerprint density at radius 1 is 1.29 bits per heavy atom. The Morgan fingerprint density at radius 2 is 1.82 bits per heavy atom. The van der Waals surface area contributed by atoms with Gasteiger partial charge in [0.2, 0.25) is 0 Å². The number of esters is 2. The van der Waals surface area contributed by atoms with E-state index in [-0.39, 0.29) is 6.54 Å². The molecule has 0 aromatic carbocycles. The van der Waals surface area contributed by atoms with Crippen LogP contribution in [0.2, 0.25) is 0 Å². The first-order chi connectivity index (χ1) is 7.67. The summed E-state index contributed by atoms with van der Waals surface area (Å²) in [4.78, 5) is 22.6. The lowest BCUT2D eigenvalue weighted by Crippen LogP contribution is -2.47. The predicted molar refractivity (Wildman–Crippen MR) is 63.3 cm³/mol. The number of nitrogens with two attached hydrogens (primary N) is 1. The summed E-state index contributed by atoms with van der Waals surface area (Å²) in [6.45, 7) is 7.09. The molecule has 0 aliphatic rings. The average molecular weight is 246 g/mol. The number of methoxy groups -OCH3 is 1. The molecule has 2 atom stereocenters. The van der Waals surface area contributed by atoms with Crippen LogP contribution >= 0.6 is 0 Å². The third kappa shape index (κ3) is 6.91. The molecule has 6 heteroatoms. The maximum atomic E-state index is 11.5. The van der Waals surface area contributed by atoms with E-state index in [1.807, 2.05) is 0 Å². The molecule has 0 aliphatic heterocycles. The Morgan fingerprint density at radius 3 is 2.24 bits per heavy atom. The summed E-state index contributed by atoms with van der Waals surface area (Å²) in [7, 11) is 1.30. The molecule has 3 N–H and O–H groups in total. The molecule has 0 saturated carbocycles. The second kappa shape index (κ2) is 6.56. The Hall–Kier alpha value is -1.14. The minimum Gasteiger partial charge on any atom is -0.468 e. The molecule has 0 aliphatic carbocycles. The zero-order valence-corrected chi connectivity index (χ0v) is 11.1. The minimum absolute atomic E-state index is 0.158. The van der Waals surface area contributed by atoms with Crippen molar-refractivity contribution in [2.24, 2.45) is 5.73 Å². The maximum absolute atomic E-state index is 11.5. The molecule has 100 valence electrons. The molecule has 0 fully saturated rings. The zero-order chi connectivity index (χ0) is 13.6. The third-order valence-corrected chi connectivity index (χ3v) is 1.91.